The third kappa shape index (κ3) is 3.05. The Hall–Kier alpha value is -1.72. The van der Waals surface area contributed by atoms with E-state index in [0.29, 0.717) is 24.7 Å². The first-order valence-electron chi connectivity index (χ1n) is 6.93. The van der Waals surface area contributed by atoms with Gasteiger partial charge in [-0.15, -0.1) is 0 Å². The average molecular weight is 273 g/mol. The van der Waals surface area contributed by atoms with Gasteiger partial charge in [0, 0.05) is 24.6 Å². The van der Waals surface area contributed by atoms with Crippen LogP contribution >= 0.6 is 0 Å². The Kier molecular flexibility index (Phi) is 3.80. The average Bonchev–Trinajstić information content (AvgIpc) is 2.87. The standard InChI is InChI=1S/C15H19N3O2/c1-10-5-11(2)7-12(6-10)15-17-14(20-18-15)8-13-9-19-4-3-16-13/h5-7,13,16H,3-4,8-9H2,1-2H3. The molecule has 1 aliphatic rings. The van der Waals surface area contributed by atoms with Gasteiger partial charge in [0.25, 0.3) is 0 Å². The number of nitrogens with zero attached hydrogens (tertiary/aromatic N) is 2. The first-order valence-corrected chi connectivity index (χ1v) is 6.93. The number of hydrogen-bond acceptors (Lipinski definition) is 5. The van der Waals surface area contributed by atoms with Crippen molar-refractivity contribution in [1.82, 2.24) is 15.5 Å². The number of morpholine rings is 1. The molecule has 1 fully saturated rings. The summed E-state index contributed by atoms with van der Waals surface area (Å²) in [7, 11) is 0. The van der Waals surface area contributed by atoms with Gasteiger partial charge in [-0.3, -0.25) is 0 Å². The van der Waals surface area contributed by atoms with Crippen LogP contribution in [0.15, 0.2) is 22.7 Å². The molecule has 1 saturated heterocycles. The van der Waals surface area contributed by atoms with Crippen LogP contribution in [-0.4, -0.2) is 35.9 Å². The lowest BCUT2D eigenvalue weighted by atomic mass is 10.1. The summed E-state index contributed by atoms with van der Waals surface area (Å²) in [5.74, 6) is 1.31. The molecule has 0 bridgehead atoms. The van der Waals surface area contributed by atoms with E-state index in [2.05, 4.69) is 47.5 Å². The van der Waals surface area contributed by atoms with Crippen molar-refractivity contribution in [3.8, 4) is 11.4 Å². The van der Waals surface area contributed by atoms with Crippen LogP contribution in [0.5, 0.6) is 0 Å². The minimum atomic E-state index is 0.260. The van der Waals surface area contributed by atoms with E-state index in [9.17, 15) is 0 Å². The van der Waals surface area contributed by atoms with Crippen molar-refractivity contribution < 1.29 is 9.26 Å². The maximum atomic E-state index is 5.42. The molecule has 0 radical (unpaired) electrons. The van der Waals surface area contributed by atoms with E-state index >= 15 is 0 Å². The highest BCUT2D eigenvalue weighted by Crippen LogP contribution is 2.19. The molecule has 1 aliphatic heterocycles. The largest absolute Gasteiger partial charge is 0.378 e. The highest BCUT2D eigenvalue weighted by atomic mass is 16.5. The zero-order valence-electron chi connectivity index (χ0n) is 11.8. The fraction of sp³-hybridized carbons (Fsp3) is 0.467. The number of hydrogen-bond donors (Lipinski definition) is 1. The van der Waals surface area contributed by atoms with Gasteiger partial charge in [-0.25, -0.2) is 0 Å². The molecule has 0 spiro atoms. The van der Waals surface area contributed by atoms with E-state index < -0.39 is 0 Å². The molecular weight excluding hydrogens is 254 g/mol. The van der Waals surface area contributed by atoms with Crippen molar-refractivity contribution in [1.29, 1.82) is 0 Å². The molecule has 1 aromatic carbocycles. The lowest BCUT2D eigenvalue weighted by molar-refractivity contribution is 0.0744. The first kappa shape index (κ1) is 13.3. The summed E-state index contributed by atoms with van der Waals surface area (Å²) in [5.41, 5.74) is 3.41. The summed E-state index contributed by atoms with van der Waals surface area (Å²) < 4.78 is 10.8. The van der Waals surface area contributed by atoms with Crippen molar-refractivity contribution >= 4 is 0 Å². The van der Waals surface area contributed by atoms with Crippen molar-refractivity contribution in [3.63, 3.8) is 0 Å². The van der Waals surface area contributed by atoms with Crippen molar-refractivity contribution in [2.24, 2.45) is 0 Å². The second-order valence-corrected chi connectivity index (χ2v) is 5.32. The van der Waals surface area contributed by atoms with Crippen LogP contribution in [0.2, 0.25) is 0 Å². The van der Waals surface area contributed by atoms with Gasteiger partial charge >= 0.3 is 0 Å². The molecule has 3 rings (SSSR count). The van der Waals surface area contributed by atoms with Crippen LogP contribution in [0.25, 0.3) is 11.4 Å². The third-order valence-electron chi connectivity index (χ3n) is 3.37. The summed E-state index contributed by atoms with van der Waals surface area (Å²) in [6.07, 6.45) is 0.706. The Morgan fingerprint density at radius 3 is 2.75 bits per heavy atom. The Morgan fingerprint density at radius 1 is 1.25 bits per heavy atom. The summed E-state index contributed by atoms with van der Waals surface area (Å²) in [5, 5.41) is 7.46. The number of nitrogens with one attached hydrogen (secondary N) is 1. The van der Waals surface area contributed by atoms with Gasteiger partial charge in [-0.05, 0) is 26.0 Å². The summed E-state index contributed by atoms with van der Waals surface area (Å²) in [6, 6.07) is 6.54. The zero-order chi connectivity index (χ0) is 13.9. The molecule has 106 valence electrons. The van der Waals surface area contributed by atoms with E-state index in [1.807, 2.05) is 0 Å². The molecule has 1 atom stereocenters. The lowest BCUT2D eigenvalue weighted by Gasteiger charge is -2.22. The highest BCUT2D eigenvalue weighted by Gasteiger charge is 2.17. The van der Waals surface area contributed by atoms with Gasteiger partial charge in [0.1, 0.15) is 0 Å². The topological polar surface area (TPSA) is 60.2 Å². The summed E-state index contributed by atoms with van der Waals surface area (Å²) >= 11 is 0. The molecule has 2 heterocycles. The van der Waals surface area contributed by atoms with E-state index in [-0.39, 0.29) is 6.04 Å². The van der Waals surface area contributed by atoms with E-state index in [1.165, 1.54) is 11.1 Å². The van der Waals surface area contributed by atoms with Crippen LogP contribution in [0.1, 0.15) is 17.0 Å². The van der Waals surface area contributed by atoms with Gasteiger partial charge in [0.15, 0.2) is 0 Å². The molecule has 5 heteroatoms. The predicted octanol–water partition coefficient (Wildman–Crippen LogP) is 1.88. The third-order valence-corrected chi connectivity index (χ3v) is 3.37. The molecule has 1 N–H and O–H groups in total. The SMILES string of the molecule is Cc1cc(C)cc(-c2noc(CC3COCCN3)n2)c1. The Bertz CT molecular complexity index is 568. The summed E-state index contributed by atoms with van der Waals surface area (Å²) in [4.78, 5) is 4.48. The van der Waals surface area contributed by atoms with Crippen molar-refractivity contribution in [2.45, 2.75) is 26.3 Å². The number of ether oxygens (including phenoxy) is 1. The normalized spacial score (nSPS) is 19.2. The van der Waals surface area contributed by atoms with Crippen LogP contribution in [0, 0.1) is 13.8 Å². The molecule has 5 nitrogen and oxygen atoms in total. The minimum absolute atomic E-state index is 0.260. The first-order chi connectivity index (χ1) is 9.70. The molecule has 1 aromatic heterocycles. The van der Waals surface area contributed by atoms with Gasteiger partial charge in [-0.1, -0.05) is 22.3 Å². The van der Waals surface area contributed by atoms with E-state index in [1.54, 1.807) is 0 Å². The zero-order valence-corrected chi connectivity index (χ0v) is 11.8. The van der Waals surface area contributed by atoms with Gasteiger partial charge in [0.2, 0.25) is 11.7 Å². The molecule has 1 unspecified atom stereocenters. The lowest BCUT2D eigenvalue weighted by Crippen LogP contribution is -2.42. The number of aryl methyl sites for hydroxylation is 2. The van der Waals surface area contributed by atoms with Crippen LogP contribution in [0.3, 0.4) is 0 Å². The van der Waals surface area contributed by atoms with Gasteiger partial charge in [0.05, 0.1) is 13.2 Å². The number of benzene rings is 1. The molecule has 0 amide bonds. The fourth-order valence-corrected chi connectivity index (χ4v) is 2.52. The van der Waals surface area contributed by atoms with Gasteiger partial charge in [-0.2, -0.15) is 4.98 Å². The molecule has 0 aliphatic carbocycles. The molecule has 0 saturated carbocycles. The van der Waals surface area contributed by atoms with Crippen molar-refractivity contribution in [2.75, 3.05) is 19.8 Å². The number of rotatable bonds is 3. The Balaban J connectivity index is 1.75. The van der Waals surface area contributed by atoms with Crippen molar-refractivity contribution in [3.05, 3.63) is 35.2 Å². The Labute approximate surface area is 118 Å². The minimum Gasteiger partial charge on any atom is -0.378 e. The fourth-order valence-electron chi connectivity index (χ4n) is 2.52. The van der Waals surface area contributed by atoms with E-state index in [0.717, 1.165) is 18.7 Å². The highest BCUT2D eigenvalue weighted by molar-refractivity contribution is 5.56. The van der Waals surface area contributed by atoms with Gasteiger partial charge < -0.3 is 14.6 Å². The monoisotopic (exact) mass is 273 g/mol. The maximum Gasteiger partial charge on any atom is 0.228 e. The van der Waals surface area contributed by atoms with E-state index in [4.69, 9.17) is 9.26 Å². The Morgan fingerprint density at radius 2 is 2.05 bits per heavy atom. The maximum absolute atomic E-state index is 5.42. The quantitative estimate of drug-likeness (QED) is 0.925. The second-order valence-electron chi connectivity index (χ2n) is 5.32. The summed E-state index contributed by atoms with van der Waals surface area (Å²) in [6.45, 7) is 6.49. The molecular formula is C15H19N3O2. The van der Waals surface area contributed by atoms with Crippen LogP contribution in [0.4, 0.5) is 0 Å². The molecule has 2 aromatic rings. The smallest absolute Gasteiger partial charge is 0.228 e. The predicted molar refractivity (Wildman–Crippen MR) is 75.5 cm³/mol. The van der Waals surface area contributed by atoms with Crippen LogP contribution < -0.4 is 5.32 Å². The second kappa shape index (κ2) is 5.73. The molecule has 20 heavy (non-hydrogen) atoms. The number of aromatic nitrogens is 2. The van der Waals surface area contributed by atoms with Crippen LogP contribution in [-0.2, 0) is 11.2 Å².